The fraction of sp³-hybridized carbons (Fsp3) is 0.375. The van der Waals surface area contributed by atoms with E-state index in [0.717, 1.165) is 22.6 Å². The summed E-state index contributed by atoms with van der Waals surface area (Å²) in [7, 11) is 0. The highest BCUT2D eigenvalue weighted by Crippen LogP contribution is 2.31. The molecule has 1 atom stereocenters. The topological polar surface area (TPSA) is 107 Å². The van der Waals surface area contributed by atoms with Crippen molar-refractivity contribution in [3.05, 3.63) is 48.0 Å². The minimum atomic E-state index is -0.702. The summed E-state index contributed by atoms with van der Waals surface area (Å²) in [5.74, 6) is 0.699. The molecule has 2 aromatic carbocycles. The predicted octanol–water partition coefficient (Wildman–Crippen LogP) is 3.40. The first-order valence-corrected chi connectivity index (χ1v) is 11.8. The third-order valence-corrected chi connectivity index (χ3v) is 5.59. The Bertz CT molecular complexity index is 1070. The van der Waals surface area contributed by atoms with Gasteiger partial charge in [-0.25, -0.2) is 0 Å². The van der Waals surface area contributed by atoms with Gasteiger partial charge in [0.2, 0.25) is 5.91 Å². The van der Waals surface area contributed by atoms with Gasteiger partial charge in [-0.2, -0.15) is 4.99 Å². The van der Waals surface area contributed by atoms with Gasteiger partial charge in [-0.05, 0) is 81.1 Å². The summed E-state index contributed by atoms with van der Waals surface area (Å²) in [5, 5.41) is 25.7. The van der Waals surface area contributed by atoms with E-state index in [-0.39, 0.29) is 18.1 Å². The van der Waals surface area contributed by atoms with E-state index in [9.17, 15) is 9.90 Å². The fourth-order valence-corrected chi connectivity index (χ4v) is 3.67. The number of carbonyl (C=O) groups is 1. The Morgan fingerprint density at radius 1 is 1.26 bits per heavy atom. The van der Waals surface area contributed by atoms with Crippen LogP contribution in [0.15, 0.2) is 47.5 Å². The normalized spacial score (nSPS) is 13.7. The second kappa shape index (κ2) is 12.0. The molecule has 2 aromatic rings. The highest BCUT2D eigenvalue weighted by atomic mass is 32.1. The first kappa shape index (κ1) is 25.7. The number of aliphatic hydroxyl groups excluding tert-OH is 1. The molecule has 0 radical (unpaired) electrons. The number of isothiocyanates is 1. The van der Waals surface area contributed by atoms with E-state index in [0.29, 0.717) is 36.8 Å². The predicted molar refractivity (Wildman–Crippen MR) is 142 cm³/mol. The molecule has 0 aromatic heterocycles. The monoisotopic (exact) mass is 499 g/mol. The second-order valence-corrected chi connectivity index (χ2v) is 9.21. The van der Waals surface area contributed by atoms with E-state index in [1.54, 1.807) is 0 Å². The number of nitrogens with one attached hydrogen (secondary N) is 4. The lowest BCUT2D eigenvalue weighted by Gasteiger charge is -2.29. The average Bonchev–Trinajstić information content (AvgIpc) is 2.81. The van der Waals surface area contributed by atoms with Gasteiger partial charge in [0.25, 0.3) is 0 Å². The minimum absolute atomic E-state index is 0.00840. The number of nitrogens with zero attached hydrogens (tertiary/aromatic N) is 1. The number of carbonyl (C=O) groups excluding carboxylic acids is 1. The Morgan fingerprint density at radius 3 is 2.76 bits per heavy atom. The van der Waals surface area contributed by atoms with Crippen molar-refractivity contribution in [2.45, 2.75) is 38.3 Å². The van der Waals surface area contributed by atoms with E-state index >= 15 is 0 Å². The highest BCUT2D eigenvalue weighted by Gasteiger charge is 2.21. The summed E-state index contributed by atoms with van der Waals surface area (Å²) < 4.78 is 5.85. The van der Waals surface area contributed by atoms with Gasteiger partial charge in [0, 0.05) is 42.0 Å². The average molecular weight is 500 g/mol. The lowest BCUT2D eigenvalue weighted by atomic mass is 10.0. The van der Waals surface area contributed by atoms with Gasteiger partial charge < -0.3 is 31.1 Å². The Kier molecular flexibility index (Phi) is 9.09. The van der Waals surface area contributed by atoms with Crippen molar-refractivity contribution < 1.29 is 14.6 Å². The number of aliphatic hydroxyl groups is 1. The largest absolute Gasteiger partial charge is 0.490 e. The van der Waals surface area contributed by atoms with Gasteiger partial charge in [0.05, 0.1) is 10.8 Å². The molecule has 1 amide bonds. The number of rotatable bonds is 10. The van der Waals surface area contributed by atoms with E-state index < -0.39 is 6.10 Å². The molecule has 10 heteroatoms. The lowest BCUT2D eigenvalue weighted by molar-refractivity contribution is -0.116. The molecule has 1 aliphatic rings. The molecule has 0 unspecified atom stereocenters. The smallest absolute Gasteiger partial charge is 0.224 e. The first-order valence-electron chi connectivity index (χ1n) is 11.0. The molecule has 0 aliphatic carbocycles. The van der Waals surface area contributed by atoms with Crippen LogP contribution in [-0.4, -0.2) is 52.6 Å². The van der Waals surface area contributed by atoms with Crippen molar-refractivity contribution in [1.29, 1.82) is 0 Å². The number of aliphatic imine (C=N–C) groups is 1. The molecule has 0 spiro atoms. The van der Waals surface area contributed by atoms with E-state index in [2.05, 4.69) is 43.6 Å². The number of β-amino-alcohol motifs (C(OH)–C–C–N with tert-alkyl or cyclic N) is 1. The summed E-state index contributed by atoms with van der Waals surface area (Å²) in [6, 6.07) is 12.9. The number of fused-ring (bicyclic) bond motifs is 1. The minimum Gasteiger partial charge on any atom is -0.490 e. The van der Waals surface area contributed by atoms with Crippen LogP contribution in [0.25, 0.3) is 0 Å². The quantitative estimate of drug-likeness (QED) is 0.250. The van der Waals surface area contributed by atoms with Crippen LogP contribution in [0.5, 0.6) is 5.75 Å². The van der Waals surface area contributed by atoms with Crippen molar-refractivity contribution in [2.24, 2.45) is 4.99 Å². The Balaban J connectivity index is 1.40. The zero-order valence-electron chi connectivity index (χ0n) is 19.2. The number of thiocarbonyl (C=S) groups is 2. The molecule has 1 heterocycles. The van der Waals surface area contributed by atoms with Crippen LogP contribution in [0, 0.1) is 0 Å². The zero-order chi connectivity index (χ0) is 24.6. The number of amides is 1. The van der Waals surface area contributed by atoms with Crippen LogP contribution in [0.4, 0.5) is 17.1 Å². The Morgan fingerprint density at radius 2 is 2.03 bits per heavy atom. The molecule has 0 fully saturated rings. The van der Waals surface area contributed by atoms with Crippen LogP contribution in [-0.2, 0) is 11.2 Å². The maximum absolute atomic E-state index is 11.6. The number of hydrogen-bond donors (Lipinski definition) is 5. The van der Waals surface area contributed by atoms with E-state index in [1.165, 1.54) is 0 Å². The number of hydrogen-bond acceptors (Lipinski definition) is 7. The molecule has 0 saturated heterocycles. The SMILES string of the molecule is CC(C)(CNC(=S)Nc1ccc(N=C=S)cc1)NC[C@H](O)COc1cccc2c1CCC(=O)N2. The molecule has 34 heavy (non-hydrogen) atoms. The van der Waals surface area contributed by atoms with Crippen molar-refractivity contribution in [3.8, 4) is 5.75 Å². The molecule has 3 rings (SSSR count). The van der Waals surface area contributed by atoms with Gasteiger partial charge in [-0.3, -0.25) is 4.79 Å². The summed E-state index contributed by atoms with van der Waals surface area (Å²) in [4.78, 5) is 15.5. The standard InChI is InChI=1S/C24H29N5O3S2/c1-24(2,14-25-23(34)28-17-8-6-16(7-9-17)26-15-33)27-12-18(30)13-32-21-5-3-4-20-19(21)10-11-22(31)29-20/h3-9,18,27,30H,10-14H2,1-2H3,(H,29,31)(H2,25,28,34)/t18-/m0/s1. The van der Waals surface area contributed by atoms with Crippen LogP contribution in [0.2, 0.25) is 0 Å². The first-order chi connectivity index (χ1) is 16.3. The molecular formula is C24H29N5O3S2. The molecule has 8 nitrogen and oxygen atoms in total. The fourth-order valence-electron chi connectivity index (χ4n) is 3.38. The second-order valence-electron chi connectivity index (χ2n) is 8.62. The molecular weight excluding hydrogens is 470 g/mol. The lowest BCUT2D eigenvalue weighted by Crippen LogP contribution is -2.52. The zero-order valence-corrected chi connectivity index (χ0v) is 20.8. The highest BCUT2D eigenvalue weighted by molar-refractivity contribution is 7.80. The van der Waals surface area contributed by atoms with Crippen LogP contribution < -0.4 is 26.0 Å². The number of ether oxygens (including phenoxy) is 1. The Labute approximate surface area is 210 Å². The third kappa shape index (κ3) is 7.86. The maximum atomic E-state index is 11.6. The molecule has 0 saturated carbocycles. The summed E-state index contributed by atoms with van der Waals surface area (Å²) >= 11 is 9.98. The maximum Gasteiger partial charge on any atom is 0.224 e. The van der Waals surface area contributed by atoms with Crippen molar-refractivity contribution in [1.82, 2.24) is 10.6 Å². The molecule has 1 aliphatic heterocycles. The van der Waals surface area contributed by atoms with Crippen LogP contribution in [0.3, 0.4) is 0 Å². The van der Waals surface area contributed by atoms with Crippen molar-refractivity contribution >= 4 is 57.7 Å². The van der Waals surface area contributed by atoms with Crippen LogP contribution >= 0.6 is 24.4 Å². The van der Waals surface area contributed by atoms with Gasteiger partial charge in [0.1, 0.15) is 18.5 Å². The summed E-state index contributed by atoms with van der Waals surface area (Å²) in [6.45, 7) is 5.08. The number of anilines is 2. The van der Waals surface area contributed by atoms with E-state index in [1.807, 2.05) is 56.3 Å². The summed E-state index contributed by atoms with van der Waals surface area (Å²) in [5.41, 5.74) is 2.97. The molecule has 180 valence electrons. The van der Waals surface area contributed by atoms with Gasteiger partial charge in [0.15, 0.2) is 5.11 Å². The summed E-state index contributed by atoms with van der Waals surface area (Å²) in [6.07, 6.45) is 0.360. The van der Waals surface area contributed by atoms with E-state index in [4.69, 9.17) is 17.0 Å². The van der Waals surface area contributed by atoms with Crippen molar-refractivity contribution in [2.75, 3.05) is 30.3 Å². The third-order valence-electron chi connectivity index (χ3n) is 5.25. The van der Waals surface area contributed by atoms with Crippen LogP contribution in [0.1, 0.15) is 25.8 Å². The van der Waals surface area contributed by atoms with Crippen molar-refractivity contribution in [3.63, 3.8) is 0 Å². The number of benzene rings is 2. The molecule has 5 N–H and O–H groups in total. The van der Waals surface area contributed by atoms with Gasteiger partial charge >= 0.3 is 0 Å². The Hall–Kier alpha value is -2.88. The van der Waals surface area contributed by atoms with Gasteiger partial charge in [-0.15, -0.1) is 0 Å². The van der Waals surface area contributed by atoms with Gasteiger partial charge in [-0.1, -0.05) is 6.07 Å². The molecule has 0 bridgehead atoms.